The van der Waals surface area contributed by atoms with Gasteiger partial charge in [-0.15, -0.1) is 0 Å². The van der Waals surface area contributed by atoms with E-state index in [0.29, 0.717) is 18.2 Å². The summed E-state index contributed by atoms with van der Waals surface area (Å²) in [6, 6.07) is 1.35. The minimum atomic E-state index is 0.433. The largest absolute Gasteiger partial charge is 0.372 e. The van der Waals surface area contributed by atoms with Crippen molar-refractivity contribution in [3.05, 3.63) is 0 Å². The predicted molar refractivity (Wildman–Crippen MR) is 85.1 cm³/mol. The van der Waals surface area contributed by atoms with Crippen LogP contribution in [0.5, 0.6) is 0 Å². The number of hydrogen-bond acceptors (Lipinski definition) is 3. The van der Waals surface area contributed by atoms with Gasteiger partial charge >= 0.3 is 0 Å². The lowest BCUT2D eigenvalue weighted by atomic mass is 9.86. The summed E-state index contributed by atoms with van der Waals surface area (Å²) in [5, 5.41) is 3.49. The zero-order valence-corrected chi connectivity index (χ0v) is 13.9. The van der Waals surface area contributed by atoms with Crippen LogP contribution in [0.15, 0.2) is 0 Å². The van der Waals surface area contributed by atoms with Crippen LogP contribution in [0, 0.1) is 5.92 Å². The molecule has 1 aliphatic heterocycles. The molecule has 0 aromatic carbocycles. The van der Waals surface area contributed by atoms with Crippen LogP contribution in [-0.4, -0.2) is 49.3 Å². The van der Waals surface area contributed by atoms with Gasteiger partial charge in [-0.1, -0.05) is 20.8 Å². The number of ether oxygens (including phenoxy) is 1. The van der Waals surface area contributed by atoms with Crippen LogP contribution < -0.4 is 5.32 Å². The van der Waals surface area contributed by atoms with E-state index in [0.717, 1.165) is 25.0 Å². The third-order valence-electron chi connectivity index (χ3n) is 5.05. The van der Waals surface area contributed by atoms with Gasteiger partial charge in [0.15, 0.2) is 0 Å². The number of nitrogens with zero attached hydrogens (tertiary/aromatic N) is 1. The number of rotatable bonds is 6. The summed E-state index contributed by atoms with van der Waals surface area (Å²) in [4.78, 5) is 2.56. The molecule has 3 heteroatoms. The maximum atomic E-state index is 6.19. The van der Waals surface area contributed by atoms with Crippen LogP contribution in [0.4, 0.5) is 0 Å². The Bertz CT molecular complexity index is 274. The lowest BCUT2D eigenvalue weighted by Crippen LogP contribution is -2.40. The Morgan fingerprint density at radius 2 is 1.70 bits per heavy atom. The second-order valence-corrected chi connectivity index (χ2v) is 7.37. The molecule has 1 N–H and O–H groups in total. The Balaban J connectivity index is 1.66. The van der Waals surface area contributed by atoms with E-state index in [2.05, 4.69) is 38.0 Å². The quantitative estimate of drug-likeness (QED) is 0.810. The molecule has 2 rings (SSSR count). The average molecular weight is 282 g/mol. The van der Waals surface area contributed by atoms with E-state index in [4.69, 9.17) is 4.74 Å². The molecule has 2 unspecified atom stereocenters. The molecule has 20 heavy (non-hydrogen) atoms. The molecule has 0 spiro atoms. The fourth-order valence-electron chi connectivity index (χ4n) is 3.59. The number of hydrogen-bond donors (Lipinski definition) is 1. The molecule has 0 aromatic heterocycles. The topological polar surface area (TPSA) is 24.5 Å². The summed E-state index contributed by atoms with van der Waals surface area (Å²) < 4.78 is 6.19. The second-order valence-electron chi connectivity index (χ2n) is 7.37. The van der Waals surface area contributed by atoms with Crippen LogP contribution in [0.3, 0.4) is 0 Å². The lowest BCUT2D eigenvalue weighted by Gasteiger charge is -2.34. The van der Waals surface area contributed by atoms with E-state index >= 15 is 0 Å². The predicted octanol–water partition coefficient (Wildman–Crippen LogP) is 3.04. The summed E-state index contributed by atoms with van der Waals surface area (Å²) in [5.41, 5.74) is 0. The molecule has 1 saturated heterocycles. The molecule has 2 fully saturated rings. The maximum Gasteiger partial charge on any atom is 0.0707 e. The molecule has 2 aliphatic rings. The summed E-state index contributed by atoms with van der Waals surface area (Å²) in [6.45, 7) is 8.92. The Morgan fingerprint density at radius 1 is 1.05 bits per heavy atom. The van der Waals surface area contributed by atoms with Crippen molar-refractivity contribution in [1.82, 2.24) is 10.2 Å². The van der Waals surface area contributed by atoms with Crippen LogP contribution in [-0.2, 0) is 4.74 Å². The maximum absolute atomic E-state index is 6.19. The van der Waals surface area contributed by atoms with Gasteiger partial charge in [0.1, 0.15) is 0 Å². The van der Waals surface area contributed by atoms with Crippen LogP contribution in [0.2, 0.25) is 0 Å². The lowest BCUT2D eigenvalue weighted by molar-refractivity contribution is 0.0152. The molecule has 1 saturated carbocycles. The normalized spacial score (nSPS) is 35.1. The van der Waals surface area contributed by atoms with E-state index in [-0.39, 0.29) is 0 Å². The first-order valence-corrected chi connectivity index (χ1v) is 8.63. The van der Waals surface area contributed by atoms with Gasteiger partial charge in [0.05, 0.1) is 12.2 Å². The zero-order valence-electron chi connectivity index (χ0n) is 13.9. The summed E-state index contributed by atoms with van der Waals surface area (Å²) in [7, 11) is 2.30. The Morgan fingerprint density at radius 3 is 2.35 bits per heavy atom. The Hall–Kier alpha value is -0.120. The fraction of sp³-hybridized carbons (Fsp3) is 1.00. The van der Waals surface area contributed by atoms with Crippen LogP contribution in [0.25, 0.3) is 0 Å². The standard InChI is InChI=1S/C17H34N2O/c1-13(2)18-11-16-9-10-17(20-16)12-19(4)15-7-5-14(3)6-8-15/h13-18H,5-12H2,1-4H3. The van der Waals surface area contributed by atoms with Crippen molar-refractivity contribution in [2.45, 2.75) is 83.6 Å². The highest BCUT2D eigenvalue weighted by Crippen LogP contribution is 2.28. The van der Waals surface area contributed by atoms with Crippen molar-refractivity contribution >= 4 is 0 Å². The minimum absolute atomic E-state index is 0.433. The Labute approximate surface area is 125 Å². The van der Waals surface area contributed by atoms with Gasteiger partial charge in [-0.3, -0.25) is 0 Å². The third kappa shape index (κ3) is 5.01. The second kappa shape index (κ2) is 7.77. The fourth-order valence-corrected chi connectivity index (χ4v) is 3.59. The van der Waals surface area contributed by atoms with Gasteiger partial charge in [-0.25, -0.2) is 0 Å². The molecule has 1 aliphatic carbocycles. The third-order valence-corrected chi connectivity index (χ3v) is 5.05. The van der Waals surface area contributed by atoms with Gasteiger partial charge in [-0.2, -0.15) is 0 Å². The van der Waals surface area contributed by atoms with Gasteiger partial charge in [0.2, 0.25) is 0 Å². The van der Waals surface area contributed by atoms with Crippen molar-refractivity contribution in [2.75, 3.05) is 20.1 Å². The molecule has 0 bridgehead atoms. The minimum Gasteiger partial charge on any atom is -0.372 e. The smallest absolute Gasteiger partial charge is 0.0707 e. The molecular formula is C17H34N2O. The molecule has 0 aromatic rings. The monoisotopic (exact) mass is 282 g/mol. The first-order valence-electron chi connectivity index (χ1n) is 8.63. The summed E-state index contributed by atoms with van der Waals surface area (Å²) in [6.07, 6.45) is 8.91. The van der Waals surface area contributed by atoms with E-state index in [1.807, 2.05) is 0 Å². The number of likely N-dealkylation sites (N-methyl/N-ethyl adjacent to an activating group) is 1. The Kier molecular flexibility index (Phi) is 6.31. The highest BCUT2D eigenvalue weighted by atomic mass is 16.5. The first kappa shape index (κ1) is 16.3. The highest BCUT2D eigenvalue weighted by Gasteiger charge is 2.29. The first-order chi connectivity index (χ1) is 9.54. The van der Waals surface area contributed by atoms with Crippen molar-refractivity contribution in [3.63, 3.8) is 0 Å². The van der Waals surface area contributed by atoms with Gasteiger partial charge < -0.3 is 15.0 Å². The zero-order chi connectivity index (χ0) is 14.5. The van der Waals surface area contributed by atoms with E-state index < -0.39 is 0 Å². The SMILES string of the molecule is CC1CCC(N(C)CC2CCC(CNC(C)C)O2)CC1. The average Bonchev–Trinajstić information content (AvgIpc) is 2.84. The van der Waals surface area contributed by atoms with Crippen LogP contribution >= 0.6 is 0 Å². The molecule has 0 radical (unpaired) electrons. The van der Waals surface area contributed by atoms with Gasteiger partial charge in [-0.05, 0) is 51.5 Å². The van der Waals surface area contributed by atoms with Crippen molar-refractivity contribution in [2.24, 2.45) is 5.92 Å². The van der Waals surface area contributed by atoms with Gasteiger partial charge in [0, 0.05) is 25.2 Å². The van der Waals surface area contributed by atoms with Crippen LogP contribution in [0.1, 0.15) is 59.3 Å². The van der Waals surface area contributed by atoms with Crippen molar-refractivity contribution in [3.8, 4) is 0 Å². The van der Waals surface area contributed by atoms with Crippen molar-refractivity contribution in [1.29, 1.82) is 0 Å². The van der Waals surface area contributed by atoms with E-state index in [1.54, 1.807) is 0 Å². The molecular weight excluding hydrogens is 248 g/mol. The number of nitrogens with one attached hydrogen (secondary N) is 1. The summed E-state index contributed by atoms with van der Waals surface area (Å²) in [5.74, 6) is 0.939. The van der Waals surface area contributed by atoms with E-state index in [1.165, 1.54) is 38.5 Å². The molecule has 118 valence electrons. The molecule has 0 amide bonds. The van der Waals surface area contributed by atoms with Crippen molar-refractivity contribution < 1.29 is 4.74 Å². The van der Waals surface area contributed by atoms with E-state index in [9.17, 15) is 0 Å². The summed E-state index contributed by atoms with van der Waals surface area (Å²) >= 11 is 0. The van der Waals surface area contributed by atoms with Gasteiger partial charge in [0.25, 0.3) is 0 Å². The molecule has 2 atom stereocenters. The molecule has 3 nitrogen and oxygen atoms in total. The molecule has 1 heterocycles. The highest BCUT2D eigenvalue weighted by molar-refractivity contribution is 4.82.